The standard InChI is InChI=1S/C14H28N2O6/c1-8-10(16-9(17)7-14(2,3)19)11(18)12(20-4)13(22-8)21-6-5-15/h8,10-13,18-19H,5-7,15H2,1-4H3,(H,16,17)/t8-,10-,11+,12-,13+/m1/s1. The molecule has 1 fully saturated rings. The number of methoxy groups -OCH3 is 1. The van der Waals surface area contributed by atoms with Crippen LogP contribution in [0, 0.1) is 0 Å². The van der Waals surface area contributed by atoms with E-state index in [1.165, 1.54) is 7.11 Å². The predicted molar refractivity (Wildman–Crippen MR) is 79.0 cm³/mol. The van der Waals surface area contributed by atoms with E-state index in [0.717, 1.165) is 0 Å². The maximum Gasteiger partial charge on any atom is 0.223 e. The molecule has 130 valence electrons. The maximum atomic E-state index is 11.9. The first-order valence-electron chi connectivity index (χ1n) is 7.39. The van der Waals surface area contributed by atoms with Crippen LogP contribution in [0.25, 0.3) is 0 Å². The Hall–Kier alpha value is -0.770. The number of ether oxygens (including phenoxy) is 3. The Bertz CT molecular complexity index is 360. The quantitative estimate of drug-likeness (QED) is 0.461. The molecule has 8 nitrogen and oxygen atoms in total. The minimum atomic E-state index is -1.12. The third kappa shape index (κ3) is 5.45. The van der Waals surface area contributed by atoms with Gasteiger partial charge < -0.3 is 35.5 Å². The first-order chi connectivity index (χ1) is 10.2. The number of aliphatic hydroxyl groups is 2. The molecule has 1 rings (SSSR count). The van der Waals surface area contributed by atoms with Crippen LogP contribution in [0.1, 0.15) is 27.2 Å². The van der Waals surface area contributed by atoms with Crippen molar-refractivity contribution >= 4 is 5.91 Å². The van der Waals surface area contributed by atoms with Crippen molar-refractivity contribution in [1.29, 1.82) is 0 Å². The molecule has 0 radical (unpaired) electrons. The van der Waals surface area contributed by atoms with Crippen LogP contribution in [0.4, 0.5) is 0 Å². The second-order valence-electron chi connectivity index (χ2n) is 6.14. The largest absolute Gasteiger partial charge is 0.390 e. The van der Waals surface area contributed by atoms with E-state index in [2.05, 4.69) is 5.32 Å². The number of carbonyl (C=O) groups excluding carboxylic acids is 1. The second-order valence-corrected chi connectivity index (χ2v) is 6.14. The zero-order valence-corrected chi connectivity index (χ0v) is 13.6. The first kappa shape index (κ1) is 19.3. The van der Waals surface area contributed by atoms with Gasteiger partial charge in [-0.2, -0.15) is 0 Å². The Kier molecular flexibility index (Phi) is 7.17. The van der Waals surface area contributed by atoms with Crippen LogP contribution in [-0.4, -0.2) is 72.6 Å². The van der Waals surface area contributed by atoms with Gasteiger partial charge in [0, 0.05) is 13.7 Å². The summed E-state index contributed by atoms with van der Waals surface area (Å²) < 4.78 is 16.3. The predicted octanol–water partition coefficient (Wildman–Crippen LogP) is -1.27. The lowest BCUT2D eigenvalue weighted by Gasteiger charge is -2.43. The Morgan fingerprint density at radius 3 is 2.59 bits per heavy atom. The minimum Gasteiger partial charge on any atom is -0.390 e. The van der Waals surface area contributed by atoms with Gasteiger partial charge in [0.05, 0.1) is 30.8 Å². The summed E-state index contributed by atoms with van der Waals surface area (Å²) in [7, 11) is 1.43. The molecular formula is C14H28N2O6. The van der Waals surface area contributed by atoms with E-state index in [1.807, 2.05) is 0 Å². The molecule has 1 aliphatic heterocycles. The van der Waals surface area contributed by atoms with E-state index in [1.54, 1.807) is 20.8 Å². The summed E-state index contributed by atoms with van der Waals surface area (Å²) in [6.07, 6.45) is -3.04. The van der Waals surface area contributed by atoms with Gasteiger partial charge in [0.1, 0.15) is 12.2 Å². The van der Waals surface area contributed by atoms with Crippen LogP contribution in [-0.2, 0) is 19.0 Å². The lowest BCUT2D eigenvalue weighted by atomic mass is 9.96. The summed E-state index contributed by atoms with van der Waals surface area (Å²) in [5, 5.41) is 22.8. The highest BCUT2D eigenvalue weighted by atomic mass is 16.7. The van der Waals surface area contributed by atoms with Crippen LogP contribution in [0.15, 0.2) is 0 Å². The van der Waals surface area contributed by atoms with E-state index in [-0.39, 0.29) is 18.9 Å². The molecule has 8 heteroatoms. The molecule has 0 spiro atoms. The monoisotopic (exact) mass is 320 g/mol. The molecule has 0 aliphatic carbocycles. The highest BCUT2D eigenvalue weighted by Gasteiger charge is 2.45. The normalized spacial score (nSPS) is 32.8. The third-order valence-electron chi connectivity index (χ3n) is 3.42. The number of carbonyl (C=O) groups is 1. The molecule has 1 saturated heterocycles. The van der Waals surface area contributed by atoms with Gasteiger partial charge in [-0.25, -0.2) is 0 Å². The third-order valence-corrected chi connectivity index (χ3v) is 3.42. The topological polar surface area (TPSA) is 123 Å². The number of nitrogens with two attached hydrogens (primary N) is 1. The molecule has 0 aromatic heterocycles. The van der Waals surface area contributed by atoms with Crippen LogP contribution < -0.4 is 11.1 Å². The zero-order chi connectivity index (χ0) is 16.9. The van der Waals surface area contributed by atoms with Crippen LogP contribution in [0.2, 0.25) is 0 Å². The Balaban J connectivity index is 2.70. The smallest absolute Gasteiger partial charge is 0.223 e. The van der Waals surface area contributed by atoms with Crippen LogP contribution >= 0.6 is 0 Å². The van der Waals surface area contributed by atoms with Gasteiger partial charge in [0.25, 0.3) is 0 Å². The molecule has 1 aliphatic rings. The van der Waals surface area contributed by atoms with E-state index in [9.17, 15) is 15.0 Å². The van der Waals surface area contributed by atoms with Gasteiger partial charge in [-0.05, 0) is 20.8 Å². The Morgan fingerprint density at radius 1 is 1.45 bits per heavy atom. The lowest BCUT2D eigenvalue weighted by Crippen LogP contribution is -2.64. The van der Waals surface area contributed by atoms with E-state index in [4.69, 9.17) is 19.9 Å². The molecule has 5 atom stereocenters. The minimum absolute atomic E-state index is 0.0757. The molecule has 0 aromatic rings. The number of amides is 1. The Labute approximate surface area is 130 Å². The summed E-state index contributed by atoms with van der Waals surface area (Å²) in [4.78, 5) is 11.9. The second kappa shape index (κ2) is 8.19. The van der Waals surface area contributed by atoms with Crippen molar-refractivity contribution in [2.75, 3.05) is 20.3 Å². The molecule has 0 saturated carbocycles. The highest BCUT2D eigenvalue weighted by molar-refractivity contribution is 5.77. The van der Waals surface area contributed by atoms with Gasteiger partial charge in [-0.15, -0.1) is 0 Å². The van der Waals surface area contributed by atoms with Crippen molar-refractivity contribution in [1.82, 2.24) is 5.32 Å². The fourth-order valence-electron chi connectivity index (χ4n) is 2.42. The SMILES string of the molecule is CO[C@H]1[C@@H](OCCN)O[C@H](C)[C@@H](NC(=O)CC(C)(C)O)[C@@H]1O. The van der Waals surface area contributed by atoms with Gasteiger partial charge >= 0.3 is 0 Å². The molecule has 5 N–H and O–H groups in total. The average Bonchev–Trinajstić information content (AvgIpc) is 2.39. The van der Waals surface area contributed by atoms with Gasteiger partial charge in [-0.1, -0.05) is 0 Å². The fraction of sp³-hybridized carbons (Fsp3) is 0.929. The van der Waals surface area contributed by atoms with E-state index < -0.39 is 36.2 Å². The van der Waals surface area contributed by atoms with Crippen LogP contribution in [0.5, 0.6) is 0 Å². The number of hydrogen-bond donors (Lipinski definition) is 4. The number of rotatable bonds is 7. The van der Waals surface area contributed by atoms with Crippen molar-refractivity contribution < 1.29 is 29.2 Å². The zero-order valence-electron chi connectivity index (χ0n) is 13.6. The van der Waals surface area contributed by atoms with E-state index >= 15 is 0 Å². The summed E-state index contributed by atoms with van der Waals surface area (Å²) in [6.45, 7) is 5.41. The van der Waals surface area contributed by atoms with Gasteiger partial charge in [0.2, 0.25) is 5.91 Å². The van der Waals surface area contributed by atoms with Crippen molar-refractivity contribution in [3.8, 4) is 0 Å². The molecule has 1 heterocycles. The molecular weight excluding hydrogens is 292 g/mol. The lowest BCUT2D eigenvalue weighted by molar-refractivity contribution is -0.276. The van der Waals surface area contributed by atoms with Gasteiger partial charge in [-0.3, -0.25) is 4.79 Å². The van der Waals surface area contributed by atoms with Crippen molar-refractivity contribution in [2.24, 2.45) is 5.73 Å². The molecule has 22 heavy (non-hydrogen) atoms. The summed E-state index contributed by atoms with van der Waals surface area (Å²) in [5.41, 5.74) is 4.27. The van der Waals surface area contributed by atoms with Crippen LogP contribution in [0.3, 0.4) is 0 Å². The summed E-state index contributed by atoms with van der Waals surface area (Å²) in [5.74, 6) is -0.372. The molecule has 1 amide bonds. The summed E-state index contributed by atoms with van der Waals surface area (Å²) >= 11 is 0. The maximum absolute atomic E-state index is 11.9. The molecule has 0 bridgehead atoms. The van der Waals surface area contributed by atoms with Crippen molar-refractivity contribution in [2.45, 2.75) is 63.4 Å². The van der Waals surface area contributed by atoms with Crippen molar-refractivity contribution in [3.63, 3.8) is 0 Å². The fourth-order valence-corrected chi connectivity index (χ4v) is 2.42. The van der Waals surface area contributed by atoms with Gasteiger partial charge in [0.15, 0.2) is 6.29 Å². The first-order valence-corrected chi connectivity index (χ1v) is 7.39. The molecule has 0 aromatic carbocycles. The number of nitrogens with one attached hydrogen (secondary N) is 1. The number of aliphatic hydroxyl groups excluding tert-OH is 1. The average molecular weight is 320 g/mol. The van der Waals surface area contributed by atoms with Crippen molar-refractivity contribution in [3.05, 3.63) is 0 Å². The van der Waals surface area contributed by atoms with E-state index in [0.29, 0.717) is 6.54 Å². The Morgan fingerprint density at radius 2 is 2.09 bits per heavy atom. The number of hydrogen-bond acceptors (Lipinski definition) is 7. The molecule has 0 unspecified atom stereocenters. The highest BCUT2D eigenvalue weighted by Crippen LogP contribution is 2.24. The summed E-state index contributed by atoms with van der Waals surface area (Å²) in [6, 6.07) is -0.655.